The molecule has 23 heavy (non-hydrogen) atoms. The van der Waals surface area contributed by atoms with Gasteiger partial charge in [0.25, 0.3) is 5.91 Å². The fraction of sp³-hybridized carbons (Fsp3) is 0.529. The lowest BCUT2D eigenvalue weighted by Crippen LogP contribution is -2.35. The first-order chi connectivity index (χ1) is 10.8. The standard InChI is InChI=1S/C17H24ClN3OS/c1-11-9-14(18)13-10-15(21-16(13)19-11)17(22)20-12-5-4-7-23(2,3)8-6-12/h9-10,12H,4-8H2,1-3H3,(H,19,21)(H,20,22). The van der Waals surface area contributed by atoms with Crippen molar-refractivity contribution in [2.24, 2.45) is 0 Å². The molecule has 0 radical (unpaired) electrons. The summed E-state index contributed by atoms with van der Waals surface area (Å²) in [5.41, 5.74) is 2.05. The zero-order valence-electron chi connectivity index (χ0n) is 13.9. The molecule has 3 heterocycles. The average molecular weight is 354 g/mol. The highest BCUT2D eigenvalue weighted by atomic mass is 35.5. The predicted molar refractivity (Wildman–Crippen MR) is 100 cm³/mol. The van der Waals surface area contributed by atoms with Gasteiger partial charge in [0, 0.05) is 17.1 Å². The van der Waals surface area contributed by atoms with Crippen LogP contribution >= 0.6 is 21.6 Å². The summed E-state index contributed by atoms with van der Waals surface area (Å²) < 4.78 is 0. The number of aryl methyl sites for hydroxylation is 1. The molecular formula is C17H24ClN3OS. The van der Waals surface area contributed by atoms with Crippen molar-refractivity contribution in [2.45, 2.75) is 32.2 Å². The van der Waals surface area contributed by atoms with Gasteiger partial charge < -0.3 is 10.3 Å². The van der Waals surface area contributed by atoms with E-state index in [1.54, 1.807) is 6.07 Å². The summed E-state index contributed by atoms with van der Waals surface area (Å²) in [6, 6.07) is 3.88. The van der Waals surface area contributed by atoms with Gasteiger partial charge in [-0.1, -0.05) is 11.6 Å². The molecule has 1 unspecified atom stereocenters. The molecule has 1 amide bonds. The van der Waals surface area contributed by atoms with E-state index in [0.717, 1.165) is 23.9 Å². The van der Waals surface area contributed by atoms with Gasteiger partial charge in [0.05, 0.1) is 5.02 Å². The van der Waals surface area contributed by atoms with Crippen molar-refractivity contribution in [3.05, 3.63) is 28.5 Å². The largest absolute Gasteiger partial charge is 0.348 e. The first-order valence-electron chi connectivity index (χ1n) is 7.99. The number of H-pyrrole nitrogens is 1. The Morgan fingerprint density at radius 1 is 1.35 bits per heavy atom. The lowest BCUT2D eigenvalue weighted by atomic mass is 10.1. The molecule has 2 N–H and O–H groups in total. The van der Waals surface area contributed by atoms with Crippen molar-refractivity contribution in [3.63, 3.8) is 0 Å². The summed E-state index contributed by atoms with van der Waals surface area (Å²) in [5.74, 6) is 2.48. The third kappa shape index (κ3) is 3.83. The maximum atomic E-state index is 12.5. The van der Waals surface area contributed by atoms with Crippen LogP contribution in [0.25, 0.3) is 11.0 Å². The molecule has 0 aromatic carbocycles. The molecular weight excluding hydrogens is 330 g/mol. The van der Waals surface area contributed by atoms with Crippen LogP contribution in [0.15, 0.2) is 12.1 Å². The smallest absolute Gasteiger partial charge is 0.267 e. The Kier molecular flexibility index (Phi) is 4.61. The van der Waals surface area contributed by atoms with Gasteiger partial charge in [0.1, 0.15) is 11.3 Å². The molecule has 1 aliphatic rings. The van der Waals surface area contributed by atoms with Crippen molar-refractivity contribution >= 4 is 38.6 Å². The maximum absolute atomic E-state index is 12.5. The van der Waals surface area contributed by atoms with Gasteiger partial charge >= 0.3 is 0 Å². The highest BCUT2D eigenvalue weighted by Crippen LogP contribution is 2.43. The highest BCUT2D eigenvalue weighted by molar-refractivity contribution is 8.32. The Labute approximate surface area is 143 Å². The Morgan fingerprint density at radius 3 is 2.91 bits per heavy atom. The van der Waals surface area contributed by atoms with E-state index >= 15 is 0 Å². The van der Waals surface area contributed by atoms with Crippen molar-refractivity contribution in [1.29, 1.82) is 0 Å². The minimum atomic E-state index is -0.470. The summed E-state index contributed by atoms with van der Waals surface area (Å²) in [5, 5.41) is 4.61. The number of pyridine rings is 1. The van der Waals surface area contributed by atoms with Crippen LogP contribution in [0.3, 0.4) is 0 Å². The van der Waals surface area contributed by atoms with E-state index in [4.69, 9.17) is 11.6 Å². The highest BCUT2D eigenvalue weighted by Gasteiger charge is 2.23. The third-order valence-corrected chi connectivity index (χ3v) is 7.57. The van der Waals surface area contributed by atoms with Crippen LogP contribution in [0.1, 0.15) is 35.4 Å². The van der Waals surface area contributed by atoms with E-state index in [1.165, 1.54) is 17.9 Å². The number of aromatic amines is 1. The number of hydrogen-bond donors (Lipinski definition) is 2. The summed E-state index contributed by atoms with van der Waals surface area (Å²) in [6.07, 6.45) is 8.13. The van der Waals surface area contributed by atoms with Gasteiger partial charge in [0.2, 0.25) is 0 Å². The van der Waals surface area contributed by atoms with Crippen molar-refractivity contribution in [3.8, 4) is 0 Å². The molecule has 2 aromatic heterocycles. The van der Waals surface area contributed by atoms with Gasteiger partial charge in [-0.2, -0.15) is 0 Å². The van der Waals surface area contributed by atoms with E-state index in [0.29, 0.717) is 16.4 Å². The Balaban J connectivity index is 1.74. The van der Waals surface area contributed by atoms with Crippen LogP contribution in [0.2, 0.25) is 5.02 Å². The maximum Gasteiger partial charge on any atom is 0.267 e. The van der Waals surface area contributed by atoms with Crippen LogP contribution in [-0.2, 0) is 0 Å². The zero-order valence-corrected chi connectivity index (χ0v) is 15.5. The molecule has 6 heteroatoms. The molecule has 1 aliphatic heterocycles. The lowest BCUT2D eigenvalue weighted by molar-refractivity contribution is 0.0930. The fourth-order valence-corrected chi connectivity index (χ4v) is 5.52. The number of amides is 1. The third-order valence-electron chi connectivity index (χ3n) is 4.53. The molecule has 2 aromatic rings. The van der Waals surface area contributed by atoms with Crippen molar-refractivity contribution in [1.82, 2.24) is 15.3 Å². The van der Waals surface area contributed by atoms with Crippen LogP contribution in [0.5, 0.6) is 0 Å². The van der Waals surface area contributed by atoms with Gasteiger partial charge in [-0.05, 0) is 62.3 Å². The number of nitrogens with zero attached hydrogens (tertiary/aromatic N) is 1. The second-order valence-corrected chi connectivity index (χ2v) is 11.7. The molecule has 126 valence electrons. The van der Waals surface area contributed by atoms with Gasteiger partial charge in [-0.25, -0.2) is 15.0 Å². The molecule has 0 saturated carbocycles. The number of nitrogens with one attached hydrogen (secondary N) is 2. The van der Waals surface area contributed by atoms with Gasteiger partial charge in [0.15, 0.2) is 0 Å². The molecule has 1 atom stereocenters. The number of hydrogen-bond acceptors (Lipinski definition) is 2. The van der Waals surface area contributed by atoms with E-state index in [9.17, 15) is 4.79 Å². The number of aromatic nitrogens is 2. The molecule has 3 rings (SSSR count). The summed E-state index contributed by atoms with van der Waals surface area (Å²) in [4.78, 5) is 20.0. The van der Waals surface area contributed by atoms with E-state index < -0.39 is 10.0 Å². The quantitative estimate of drug-likeness (QED) is 0.861. The Morgan fingerprint density at radius 2 is 2.13 bits per heavy atom. The first-order valence-corrected chi connectivity index (χ1v) is 11.2. The first kappa shape index (κ1) is 16.7. The van der Waals surface area contributed by atoms with Crippen molar-refractivity contribution < 1.29 is 4.79 Å². The van der Waals surface area contributed by atoms with Crippen LogP contribution in [-0.4, -0.2) is 45.9 Å². The number of halogens is 1. The average Bonchev–Trinajstić information content (AvgIpc) is 2.81. The summed E-state index contributed by atoms with van der Waals surface area (Å²) in [7, 11) is -0.470. The van der Waals surface area contributed by atoms with Crippen LogP contribution in [0.4, 0.5) is 0 Å². The SMILES string of the molecule is Cc1cc(Cl)c2cc(C(=O)NC3CCCS(C)(C)CC3)[nH]c2n1. The lowest BCUT2D eigenvalue weighted by Gasteiger charge is -2.29. The summed E-state index contributed by atoms with van der Waals surface area (Å²) in [6.45, 7) is 1.89. The fourth-order valence-electron chi connectivity index (χ4n) is 3.14. The zero-order chi connectivity index (χ0) is 16.6. The van der Waals surface area contributed by atoms with Gasteiger partial charge in [-0.15, -0.1) is 0 Å². The molecule has 1 fully saturated rings. The van der Waals surface area contributed by atoms with E-state index in [-0.39, 0.29) is 11.9 Å². The Hall–Kier alpha value is -1.20. The van der Waals surface area contributed by atoms with Crippen LogP contribution < -0.4 is 5.32 Å². The topological polar surface area (TPSA) is 57.8 Å². The van der Waals surface area contributed by atoms with Crippen LogP contribution in [0, 0.1) is 6.92 Å². The van der Waals surface area contributed by atoms with Gasteiger partial charge in [-0.3, -0.25) is 4.79 Å². The minimum Gasteiger partial charge on any atom is -0.348 e. The van der Waals surface area contributed by atoms with E-state index in [1.807, 2.05) is 13.0 Å². The number of carbonyl (C=O) groups excluding carboxylic acids is 1. The minimum absolute atomic E-state index is 0.0589. The molecule has 0 bridgehead atoms. The Bertz CT molecular complexity index is 741. The number of rotatable bonds is 2. The molecule has 1 saturated heterocycles. The molecule has 4 nitrogen and oxygen atoms in total. The molecule has 0 aliphatic carbocycles. The second kappa shape index (κ2) is 6.36. The number of fused-ring (bicyclic) bond motifs is 1. The monoisotopic (exact) mass is 353 g/mol. The number of carbonyl (C=O) groups is 1. The van der Waals surface area contributed by atoms with Crippen molar-refractivity contribution in [2.75, 3.05) is 24.0 Å². The predicted octanol–water partition coefficient (Wildman–Crippen LogP) is 3.87. The normalized spacial score (nSPS) is 22.5. The molecule has 0 spiro atoms. The van der Waals surface area contributed by atoms with E-state index in [2.05, 4.69) is 27.8 Å². The second-order valence-electron chi connectivity index (χ2n) is 6.97. The summed E-state index contributed by atoms with van der Waals surface area (Å²) >= 11 is 6.24.